The number of hydrogen-bond acceptors (Lipinski definition) is 0. The van der Waals surface area contributed by atoms with E-state index in [0.717, 1.165) is 8.58 Å². The van der Waals surface area contributed by atoms with Gasteiger partial charge in [-0.15, -0.1) is 0 Å². The van der Waals surface area contributed by atoms with Gasteiger partial charge < -0.3 is 0 Å². The van der Waals surface area contributed by atoms with Crippen molar-refractivity contribution >= 4 is 20.0 Å². The van der Waals surface area contributed by atoms with Crippen LogP contribution in [0.15, 0.2) is 30.3 Å². The molecular formula is C9H9P. The highest BCUT2D eigenvalue weighted by Crippen LogP contribution is 2.19. The third kappa shape index (κ3) is 0.998. The Morgan fingerprint density at radius 3 is 3.00 bits per heavy atom. The van der Waals surface area contributed by atoms with Crippen molar-refractivity contribution in [2.24, 2.45) is 0 Å². The molecule has 0 amide bonds. The highest BCUT2D eigenvalue weighted by Gasteiger charge is 2.00. The van der Waals surface area contributed by atoms with Gasteiger partial charge in [-0.05, 0) is 17.0 Å². The quantitative estimate of drug-likeness (QED) is 0.494. The van der Waals surface area contributed by atoms with Gasteiger partial charge in [-0.3, -0.25) is 0 Å². The van der Waals surface area contributed by atoms with E-state index >= 15 is 0 Å². The second kappa shape index (κ2) is 2.56. The van der Waals surface area contributed by atoms with E-state index in [-0.39, 0.29) is 0 Å². The lowest BCUT2D eigenvalue weighted by molar-refractivity contribution is 1.66. The molecule has 0 aliphatic carbocycles. The number of benzene rings is 1. The highest BCUT2D eigenvalue weighted by molar-refractivity contribution is 7.47. The second-order valence-corrected chi connectivity index (χ2v) is 3.67. The van der Waals surface area contributed by atoms with Crippen molar-refractivity contribution in [1.82, 2.24) is 0 Å². The molecule has 0 saturated carbocycles. The molecule has 1 unspecified atom stereocenters. The first-order valence-corrected chi connectivity index (χ1v) is 4.67. The average Bonchev–Trinajstić information content (AvgIpc) is 2.05. The van der Waals surface area contributed by atoms with Gasteiger partial charge in [0.25, 0.3) is 0 Å². The normalized spacial score (nSPS) is 17.2. The summed E-state index contributed by atoms with van der Waals surface area (Å²) in [6.45, 7) is 0. The van der Waals surface area contributed by atoms with Gasteiger partial charge in [-0.1, -0.05) is 45.0 Å². The first-order chi connectivity index (χ1) is 4.97. The Labute approximate surface area is 62.7 Å². The Balaban J connectivity index is 2.54. The third-order valence-corrected chi connectivity index (χ3v) is 2.94. The Morgan fingerprint density at radius 1 is 1.20 bits per heavy atom. The molecule has 0 saturated heterocycles. The van der Waals surface area contributed by atoms with Gasteiger partial charge >= 0.3 is 0 Å². The number of allylic oxidation sites excluding steroid dienone is 1. The van der Waals surface area contributed by atoms with E-state index in [1.165, 1.54) is 17.0 Å². The molecular weight excluding hydrogens is 139 g/mol. The maximum atomic E-state index is 2.25. The van der Waals surface area contributed by atoms with E-state index in [1.54, 1.807) is 0 Å². The van der Waals surface area contributed by atoms with Crippen LogP contribution in [-0.2, 0) is 0 Å². The number of hydrogen-bond donors (Lipinski definition) is 0. The minimum Gasteiger partial charge on any atom is -0.0859 e. The summed E-state index contributed by atoms with van der Waals surface area (Å²) in [4.78, 5) is 0. The van der Waals surface area contributed by atoms with E-state index in [9.17, 15) is 0 Å². The van der Waals surface area contributed by atoms with Crippen molar-refractivity contribution in [3.63, 3.8) is 0 Å². The standard InChI is InChI=1S/C9H9P/c1-2-6-9-8(4-1)5-3-7-10-9/h1-6,10H,7H2. The largest absolute Gasteiger partial charge is 0.0859 e. The third-order valence-electron chi connectivity index (χ3n) is 1.67. The summed E-state index contributed by atoms with van der Waals surface area (Å²) in [5, 5.41) is 1.52. The van der Waals surface area contributed by atoms with Crippen LogP contribution in [0.1, 0.15) is 5.56 Å². The Hall–Kier alpha value is -0.610. The van der Waals surface area contributed by atoms with Crippen molar-refractivity contribution in [1.29, 1.82) is 0 Å². The minimum atomic E-state index is 0.986. The van der Waals surface area contributed by atoms with Crippen LogP contribution in [0.25, 0.3) is 6.08 Å². The first-order valence-electron chi connectivity index (χ1n) is 3.46. The van der Waals surface area contributed by atoms with Gasteiger partial charge in [-0.2, -0.15) is 0 Å². The Bertz CT molecular complexity index is 263. The van der Waals surface area contributed by atoms with Gasteiger partial charge in [0.2, 0.25) is 0 Å². The van der Waals surface area contributed by atoms with Gasteiger partial charge in [0.05, 0.1) is 0 Å². The van der Waals surface area contributed by atoms with E-state index in [1.807, 2.05) is 0 Å². The van der Waals surface area contributed by atoms with Crippen LogP contribution in [0.3, 0.4) is 0 Å². The summed E-state index contributed by atoms with van der Waals surface area (Å²) >= 11 is 0. The fourth-order valence-electron chi connectivity index (χ4n) is 1.16. The zero-order chi connectivity index (χ0) is 6.81. The molecule has 0 bridgehead atoms. The lowest BCUT2D eigenvalue weighted by Crippen LogP contribution is -2.02. The van der Waals surface area contributed by atoms with Crippen molar-refractivity contribution < 1.29 is 0 Å². The summed E-state index contributed by atoms with van der Waals surface area (Å²) < 4.78 is 0. The molecule has 1 atom stereocenters. The van der Waals surface area contributed by atoms with Crippen LogP contribution in [-0.4, -0.2) is 6.16 Å². The van der Waals surface area contributed by atoms with Crippen LogP contribution in [0.2, 0.25) is 0 Å². The maximum Gasteiger partial charge on any atom is -0.0128 e. The molecule has 0 aromatic heterocycles. The average molecular weight is 148 g/mol. The molecule has 2 rings (SSSR count). The molecule has 0 N–H and O–H groups in total. The molecule has 1 heteroatoms. The van der Waals surface area contributed by atoms with E-state index in [4.69, 9.17) is 0 Å². The maximum absolute atomic E-state index is 2.25. The molecule has 1 aliphatic rings. The van der Waals surface area contributed by atoms with E-state index < -0.39 is 0 Å². The van der Waals surface area contributed by atoms with Crippen molar-refractivity contribution in [3.8, 4) is 0 Å². The highest BCUT2D eigenvalue weighted by atomic mass is 31.1. The predicted molar refractivity (Wildman–Crippen MR) is 48.3 cm³/mol. The summed E-state index contributed by atoms with van der Waals surface area (Å²) in [6, 6.07) is 8.61. The zero-order valence-corrected chi connectivity index (χ0v) is 6.67. The molecule has 50 valence electrons. The summed E-state index contributed by atoms with van der Waals surface area (Å²) in [6.07, 6.45) is 5.70. The molecule has 1 aromatic rings. The first kappa shape index (κ1) is 6.12. The SMILES string of the molecule is C1=Cc2ccccc2PC1. The molecule has 0 nitrogen and oxygen atoms in total. The van der Waals surface area contributed by atoms with Gasteiger partial charge in [-0.25, -0.2) is 0 Å². The smallest absolute Gasteiger partial charge is 0.0128 e. The zero-order valence-electron chi connectivity index (χ0n) is 5.67. The molecule has 10 heavy (non-hydrogen) atoms. The molecule has 0 spiro atoms. The lowest BCUT2D eigenvalue weighted by atomic mass is 10.2. The van der Waals surface area contributed by atoms with E-state index in [2.05, 4.69) is 36.4 Å². The molecule has 1 aromatic carbocycles. The fourth-order valence-corrected chi connectivity index (χ4v) is 2.20. The lowest BCUT2D eigenvalue weighted by Gasteiger charge is -2.08. The molecule has 1 heterocycles. The van der Waals surface area contributed by atoms with Crippen LogP contribution < -0.4 is 5.30 Å². The van der Waals surface area contributed by atoms with Gasteiger partial charge in [0.1, 0.15) is 0 Å². The monoisotopic (exact) mass is 148 g/mol. The Kier molecular flexibility index (Phi) is 1.56. The summed E-state index contributed by atoms with van der Waals surface area (Å²) in [5.41, 5.74) is 1.41. The molecule has 1 aliphatic heterocycles. The number of fused-ring (bicyclic) bond motifs is 1. The van der Waals surface area contributed by atoms with Crippen LogP contribution in [0.4, 0.5) is 0 Å². The Morgan fingerprint density at radius 2 is 2.10 bits per heavy atom. The van der Waals surface area contributed by atoms with Gasteiger partial charge in [0.15, 0.2) is 0 Å². The van der Waals surface area contributed by atoms with Crippen molar-refractivity contribution in [3.05, 3.63) is 35.9 Å². The van der Waals surface area contributed by atoms with Crippen LogP contribution >= 0.6 is 8.58 Å². The molecule has 0 fully saturated rings. The van der Waals surface area contributed by atoms with Gasteiger partial charge in [0, 0.05) is 0 Å². The van der Waals surface area contributed by atoms with Crippen LogP contribution in [0, 0.1) is 0 Å². The number of rotatable bonds is 0. The topological polar surface area (TPSA) is 0 Å². The van der Waals surface area contributed by atoms with E-state index in [0.29, 0.717) is 0 Å². The second-order valence-electron chi connectivity index (χ2n) is 2.37. The summed E-state index contributed by atoms with van der Waals surface area (Å²) in [5.74, 6) is 0. The van der Waals surface area contributed by atoms with Crippen molar-refractivity contribution in [2.45, 2.75) is 0 Å². The summed E-state index contributed by atoms with van der Waals surface area (Å²) in [7, 11) is 0.986. The predicted octanol–water partition coefficient (Wildman–Crippen LogP) is 2.02. The molecule has 0 radical (unpaired) electrons. The fraction of sp³-hybridized carbons (Fsp3) is 0.111. The van der Waals surface area contributed by atoms with Crippen molar-refractivity contribution in [2.75, 3.05) is 6.16 Å². The van der Waals surface area contributed by atoms with Crippen LogP contribution in [0.5, 0.6) is 0 Å². The minimum absolute atomic E-state index is 0.986.